The van der Waals surface area contributed by atoms with Crippen molar-refractivity contribution in [2.24, 2.45) is 5.73 Å². The lowest BCUT2D eigenvalue weighted by molar-refractivity contribution is -0.276. The molecular weight excluding hydrogens is 241 g/mol. The first-order chi connectivity index (χ1) is 7.91. The average Bonchev–Trinajstić information content (AvgIpc) is 2.26. The highest BCUT2D eigenvalue weighted by atomic mass is 19.4. The molecule has 1 heterocycles. The lowest BCUT2D eigenvalue weighted by Crippen LogP contribution is -2.20. The van der Waals surface area contributed by atoms with Gasteiger partial charge in [0.25, 0.3) is 0 Å². The van der Waals surface area contributed by atoms with Gasteiger partial charge in [-0.15, -0.1) is 13.2 Å². The highest BCUT2D eigenvalue weighted by Crippen LogP contribution is 2.29. The SMILES string of the molecule is COc1cc(CN)c(OC(F)(F)F)nc1CO. The summed E-state index contributed by atoms with van der Waals surface area (Å²) >= 11 is 0. The van der Waals surface area contributed by atoms with E-state index in [9.17, 15) is 13.2 Å². The molecule has 1 aromatic rings. The molecule has 17 heavy (non-hydrogen) atoms. The molecule has 0 aromatic carbocycles. The summed E-state index contributed by atoms with van der Waals surface area (Å²) in [4.78, 5) is 3.52. The Morgan fingerprint density at radius 2 is 2.12 bits per heavy atom. The summed E-state index contributed by atoms with van der Waals surface area (Å²) in [6.07, 6.45) is -4.86. The third-order valence-electron chi connectivity index (χ3n) is 1.90. The molecule has 0 radical (unpaired) electrons. The van der Waals surface area contributed by atoms with Crippen LogP contribution in [0.2, 0.25) is 0 Å². The van der Waals surface area contributed by atoms with Crippen LogP contribution in [0.3, 0.4) is 0 Å². The second kappa shape index (κ2) is 5.19. The zero-order valence-corrected chi connectivity index (χ0v) is 8.91. The quantitative estimate of drug-likeness (QED) is 0.833. The van der Waals surface area contributed by atoms with Crippen LogP contribution in [0, 0.1) is 0 Å². The van der Waals surface area contributed by atoms with E-state index in [1.165, 1.54) is 13.2 Å². The number of rotatable bonds is 4. The number of methoxy groups -OCH3 is 1. The molecule has 0 atom stereocenters. The number of ether oxygens (including phenoxy) is 2. The fourth-order valence-electron chi connectivity index (χ4n) is 1.19. The normalized spacial score (nSPS) is 11.4. The van der Waals surface area contributed by atoms with Gasteiger partial charge in [-0.05, 0) is 6.07 Å². The molecule has 0 fully saturated rings. The number of hydrogen-bond acceptors (Lipinski definition) is 5. The molecule has 0 aliphatic rings. The first-order valence-electron chi connectivity index (χ1n) is 4.54. The Morgan fingerprint density at radius 1 is 1.47 bits per heavy atom. The molecule has 8 heteroatoms. The van der Waals surface area contributed by atoms with Crippen LogP contribution < -0.4 is 15.2 Å². The van der Waals surface area contributed by atoms with E-state index in [0.717, 1.165) is 0 Å². The number of alkyl halides is 3. The predicted molar refractivity (Wildman–Crippen MR) is 51.3 cm³/mol. The van der Waals surface area contributed by atoms with E-state index in [4.69, 9.17) is 15.6 Å². The molecule has 0 aliphatic carbocycles. The van der Waals surface area contributed by atoms with Crippen molar-refractivity contribution in [3.63, 3.8) is 0 Å². The second-order valence-electron chi connectivity index (χ2n) is 3.01. The lowest BCUT2D eigenvalue weighted by atomic mass is 10.2. The number of halogens is 3. The molecular formula is C9H11F3N2O3. The van der Waals surface area contributed by atoms with Crippen molar-refractivity contribution in [2.75, 3.05) is 7.11 Å². The van der Waals surface area contributed by atoms with Crippen molar-refractivity contribution in [3.05, 3.63) is 17.3 Å². The molecule has 96 valence electrons. The van der Waals surface area contributed by atoms with Crippen molar-refractivity contribution in [2.45, 2.75) is 19.5 Å². The fourth-order valence-corrected chi connectivity index (χ4v) is 1.19. The van der Waals surface area contributed by atoms with Gasteiger partial charge in [-0.1, -0.05) is 0 Å². The lowest BCUT2D eigenvalue weighted by Gasteiger charge is -2.14. The van der Waals surface area contributed by atoms with Crippen LogP contribution in [0.15, 0.2) is 6.07 Å². The average molecular weight is 252 g/mol. The van der Waals surface area contributed by atoms with Crippen molar-refractivity contribution < 1.29 is 27.8 Å². The van der Waals surface area contributed by atoms with E-state index in [2.05, 4.69) is 9.72 Å². The third-order valence-corrected chi connectivity index (χ3v) is 1.90. The minimum absolute atomic E-state index is 0.0383. The standard InChI is InChI=1S/C9H11F3N2O3/c1-16-7-2-5(3-13)8(14-6(7)4-15)17-9(10,11)12/h2,15H,3-4,13H2,1H3. The van der Waals surface area contributed by atoms with E-state index in [1.54, 1.807) is 0 Å². The summed E-state index contributed by atoms with van der Waals surface area (Å²) in [5.41, 5.74) is 5.27. The van der Waals surface area contributed by atoms with E-state index in [0.29, 0.717) is 0 Å². The maximum absolute atomic E-state index is 12.1. The Hall–Kier alpha value is -1.54. The Labute approximate surface area is 95.0 Å². The Kier molecular flexibility index (Phi) is 4.13. The number of nitrogens with zero attached hydrogens (tertiary/aromatic N) is 1. The Balaban J connectivity index is 3.19. The van der Waals surface area contributed by atoms with Crippen LogP contribution in [-0.2, 0) is 13.2 Å². The smallest absolute Gasteiger partial charge is 0.495 e. The maximum atomic E-state index is 12.1. The van der Waals surface area contributed by atoms with Crippen molar-refractivity contribution in [1.29, 1.82) is 0 Å². The molecule has 1 aromatic heterocycles. The highest BCUT2D eigenvalue weighted by Gasteiger charge is 2.33. The van der Waals surface area contributed by atoms with Gasteiger partial charge in [-0.2, -0.15) is 0 Å². The van der Waals surface area contributed by atoms with Crippen molar-refractivity contribution in [3.8, 4) is 11.6 Å². The minimum atomic E-state index is -4.86. The maximum Gasteiger partial charge on any atom is 0.574 e. The molecule has 0 unspecified atom stereocenters. The van der Waals surface area contributed by atoms with Crippen LogP contribution in [0.4, 0.5) is 13.2 Å². The van der Waals surface area contributed by atoms with E-state index < -0.39 is 18.8 Å². The topological polar surface area (TPSA) is 77.6 Å². The Bertz CT molecular complexity index is 396. The third kappa shape index (κ3) is 3.46. The molecule has 0 saturated carbocycles. The van der Waals surface area contributed by atoms with Crippen molar-refractivity contribution >= 4 is 0 Å². The minimum Gasteiger partial charge on any atom is -0.495 e. The molecule has 0 saturated heterocycles. The zero-order chi connectivity index (χ0) is 13.1. The monoisotopic (exact) mass is 252 g/mol. The van der Waals surface area contributed by atoms with E-state index in [-0.39, 0.29) is 23.6 Å². The van der Waals surface area contributed by atoms with Crippen molar-refractivity contribution in [1.82, 2.24) is 4.98 Å². The molecule has 0 amide bonds. The molecule has 1 rings (SSSR count). The fraction of sp³-hybridized carbons (Fsp3) is 0.444. The number of hydrogen-bond donors (Lipinski definition) is 2. The molecule has 3 N–H and O–H groups in total. The summed E-state index contributed by atoms with van der Waals surface area (Å²) in [5.74, 6) is -0.521. The van der Waals surface area contributed by atoms with Gasteiger partial charge in [-0.3, -0.25) is 0 Å². The predicted octanol–water partition coefficient (Wildman–Crippen LogP) is 0.940. The van der Waals surface area contributed by atoms with E-state index in [1.807, 2.05) is 0 Å². The largest absolute Gasteiger partial charge is 0.574 e. The number of pyridine rings is 1. The first-order valence-corrected chi connectivity index (χ1v) is 4.54. The van der Waals surface area contributed by atoms with Gasteiger partial charge in [0.05, 0.1) is 13.7 Å². The molecule has 0 spiro atoms. The van der Waals surface area contributed by atoms with Gasteiger partial charge in [-0.25, -0.2) is 4.98 Å². The highest BCUT2D eigenvalue weighted by molar-refractivity contribution is 5.38. The number of aromatic nitrogens is 1. The number of nitrogens with two attached hydrogens (primary N) is 1. The van der Waals surface area contributed by atoms with Gasteiger partial charge >= 0.3 is 6.36 Å². The van der Waals surface area contributed by atoms with Crippen LogP contribution >= 0.6 is 0 Å². The Morgan fingerprint density at radius 3 is 2.53 bits per heavy atom. The van der Waals surface area contributed by atoms with Gasteiger partial charge in [0, 0.05) is 12.1 Å². The summed E-state index contributed by atoms with van der Waals surface area (Å²) in [6, 6.07) is 1.25. The van der Waals surface area contributed by atoms with Crippen LogP contribution in [-0.4, -0.2) is 23.6 Å². The van der Waals surface area contributed by atoms with Crippen LogP contribution in [0.25, 0.3) is 0 Å². The van der Waals surface area contributed by atoms with Crippen LogP contribution in [0.1, 0.15) is 11.3 Å². The van der Waals surface area contributed by atoms with Crippen LogP contribution in [0.5, 0.6) is 11.6 Å². The zero-order valence-electron chi connectivity index (χ0n) is 8.91. The summed E-state index contributed by atoms with van der Waals surface area (Å²) in [7, 11) is 1.31. The summed E-state index contributed by atoms with van der Waals surface area (Å²) in [5, 5.41) is 8.93. The van der Waals surface area contributed by atoms with Gasteiger partial charge < -0.3 is 20.3 Å². The van der Waals surface area contributed by atoms with Gasteiger partial charge in [0.1, 0.15) is 11.4 Å². The second-order valence-corrected chi connectivity index (χ2v) is 3.01. The summed E-state index contributed by atoms with van der Waals surface area (Å²) in [6.45, 7) is -0.761. The number of aliphatic hydroxyl groups excluding tert-OH is 1. The van der Waals surface area contributed by atoms with Gasteiger partial charge in [0.2, 0.25) is 5.88 Å². The first kappa shape index (κ1) is 13.5. The molecule has 5 nitrogen and oxygen atoms in total. The summed E-state index contributed by atoms with van der Waals surface area (Å²) < 4.78 is 44.8. The number of aliphatic hydroxyl groups is 1. The molecule has 0 aliphatic heterocycles. The van der Waals surface area contributed by atoms with Gasteiger partial charge in [0.15, 0.2) is 0 Å². The van der Waals surface area contributed by atoms with E-state index >= 15 is 0 Å². The molecule has 0 bridgehead atoms.